The molecule has 1 heterocycles. The van der Waals surface area contributed by atoms with Crippen molar-refractivity contribution in [3.8, 4) is 0 Å². The van der Waals surface area contributed by atoms with Crippen molar-refractivity contribution in [2.45, 2.75) is 77.7 Å². The fourth-order valence-corrected chi connectivity index (χ4v) is 8.45. The Balaban J connectivity index is 1.15. The van der Waals surface area contributed by atoms with Crippen LogP contribution in [-0.4, -0.2) is 48.0 Å². The predicted octanol–water partition coefficient (Wildman–Crippen LogP) is 4.97. The quantitative estimate of drug-likeness (QED) is 0.581. The number of ether oxygens (including phenoxy) is 1. The van der Waals surface area contributed by atoms with Crippen molar-refractivity contribution in [2.75, 3.05) is 25.0 Å². The van der Waals surface area contributed by atoms with E-state index < -0.39 is 0 Å². The van der Waals surface area contributed by atoms with E-state index in [-0.39, 0.29) is 29.4 Å². The molecule has 5 fully saturated rings. The zero-order valence-corrected chi connectivity index (χ0v) is 21.3. The second-order valence-electron chi connectivity index (χ2n) is 12.4. The fraction of sp³-hybridized carbons (Fsp3) is 0.679. The Hall–Kier alpha value is -2.57. The Morgan fingerprint density at radius 3 is 2.17 bits per heavy atom. The van der Waals surface area contributed by atoms with Gasteiger partial charge in [-0.25, -0.2) is 4.79 Å². The van der Waals surface area contributed by atoms with Crippen molar-refractivity contribution in [1.29, 1.82) is 0 Å². The summed E-state index contributed by atoms with van der Waals surface area (Å²) in [6.07, 6.45) is 8.35. The molecule has 35 heavy (non-hydrogen) atoms. The molecule has 0 spiro atoms. The first-order chi connectivity index (χ1) is 16.6. The molecule has 190 valence electrons. The second kappa shape index (κ2) is 8.82. The summed E-state index contributed by atoms with van der Waals surface area (Å²) < 4.78 is 5.11. The van der Waals surface area contributed by atoms with E-state index >= 15 is 0 Å². The molecule has 2 N–H and O–H groups in total. The molecular weight excluding hydrogens is 442 g/mol. The topological polar surface area (TPSA) is 87.7 Å². The molecule has 4 saturated carbocycles. The number of likely N-dealkylation sites (tertiary alicyclic amines) is 1. The third-order valence-corrected chi connectivity index (χ3v) is 8.80. The van der Waals surface area contributed by atoms with Crippen molar-refractivity contribution in [3.05, 3.63) is 29.8 Å². The van der Waals surface area contributed by atoms with Crippen LogP contribution in [0.1, 0.15) is 82.5 Å². The molecule has 0 radical (unpaired) electrons. The fourth-order valence-electron chi connectivity index (χ4n) is 8.45. The monoisotopic (exact) mass is 481 g/mol. The number of piperidine rings is 1. The van der Waals surface area contributed by atoms with Gasteiger partial charge < -0.3 is 20.3 Å². The summed E-state index contributed by atoms with van der Waals surface area (Å²) in [7, 11) is 0. The summed E-state index contributed by atoms with van der Waals surface area (Å²) in [4.78, 5) is 39.6. The van der Waals surface area contributed by atoms with Crippen LogP contribution in [0.25, 0.3) is 0 Å². The highest BCUT2D eigenvalue weighted by atomic mass is 16.5. The molecule has 2 unspecified atom stereocenters. The summed E-state index contributed by atoms with van der Waals surface area (Å²) in [6, 6.07) is 6.96. The summed E-state index contributed by atoms with van der Waals surface area (Å²) >= 11 is 0. The van der Waals surface area contributed by atoms with E-state index in [1.54, 1.807) is 29.2 Å². The first kappa shape index (κ1) is 24.1. The number of carbonyl (C=O) groups excluding carboxylic acids is 3. The molecule has 4 bridgehead atoms. The van der Waals surface area contributed by atoms with Gasteiger partial charge in [0.15, 0.2) is 0 Å². The number of nitrogens with zero attached hydrogens (tertiary/aromatic N) is 1. The molecule has 1 aromatic carbocycles. The van der Waals surface area contributed by atoms with E-state index in [9.17, 15) is 14.4 Å². The largest absolute Gasteiger partial charge is 0.466 e. The van der Waals surface area contributed by atoms with Crippen molar-refractivity contribution in [1.82, 2.24) is 10.2 Å². The van der Waals surface area contributed by atoms with E-state index in [0.29, 0.717) is 60.5 Å². The minimum Gasteiger partial charge on any atom is -0.466 e. The number of esters is 1. The Labute approximate surface area is 208 Å². The second-order valence-corrected chi connectivity index (χ2v) is 12.4. The third kappa shape index (κ3) is 4.91. The van der Waals surface area contributed by atoms with Crippen LogP contribution < -0.4 is 10.6 Å². The number of rotatable bonds is 5. The highest BCUT2D eigenvalue weighted by Gasteiger charge is 2.60. The summed E-state index contributed by atoms with van der Waals surface area (Å²) in [5, 5.41) is 6.36. The van der Waals surface area contributed by atoms with Crippen LogP contribution in [0.4, 0.5) is 10.5 Å². The minimum absolute atomic E-state index is 0.0432. The number of urea groups is 1. The molecular formula is C28H39N3O4. The van der Waals surface area contributed by atoms with Gasteiger partial charge in [0.2, 0.25) is 0 Å². The number of nitrogens with one attached hydrogen (secondary N) is 2. The van der Waals surface area contributed by atoms with Crippen molar-refractivity contribution >= 4 is 23.6 Å². The van der Waals surface area contributed by atoms with E-state index in [4.69, 9.17) is 4.74 Å². The summed E-state index contributed by atoms with van der Waals surface area (Å²) in [5.41, 5.74) is 1.86. The molecule has 0 aromatic heterocycles. The van der Waals surface area contributed by atoms with Crippen LogP contribution in [0.15, 0.2) is 24.3 Å². The van der Waals surface area contributed by atoms with Gasteiger partial charge in [-0.1, -0.05) is 13.8 Å². The van der Waals surface area contributed by atoms with Crippen LogP contribution in [0.5, 0.6) is 0 Å². The molecule has 1 aliphatic heterocycles. The predicted molar refractivity (Wildman–Crippen MR) is 134 cm³/mol. The first-order valence-corrected chi connectivity index (χ1v) is 13.3. The normalized spacial score (nSPS) is 33.9. The zero-order valence-electron chi connectivity index (χ0n) is 21.3. The van der Waals surface area contributed by atoms with Gasteiger partial charge in [0.25, 0.3) is 5.91 Å². The molecule has 4 aliphatic carbocycles. The molecule has 7 heteroatoms. The van der Waals surface area contributed by atoms with E-state index in [2.05, 4.69) is 24.5 Å². The first-order valence-electron chi connectivity index (χ1n) is 13.3. The average Bonchev–Trinajstić information content (AvgIpc) is 2.76. The maximum absolute atomic E-state index is 13.0. The smallest absolute Gasteiger partial charge is 0.319 e. The van der Waals surface area contributed by atoms with Crippen molar-refractivity contribution in [3.63, 3.8) is 0 Å². The van der Waals surface area contributed by atoms with Gasteiger partial charge in [-0.2, -0.15) is 0 Å². The van der Waals surface area contributed by atoms with Gasteiger partial charge in [0.1, 0.15) is 0 Å². The summed E-state index contributed by atoms with van der Waals surface area (Å²) in [6.45, 7) is 8.09. The zero-order chi connectivity index (χ0) is 24.8. The average molecular weight is 482 g/mol. The Kier molecular flexibility index (Phi) is 6.09. The van der Waals surface area contributed by atoms with Crippen LogP contribution in [0.2, 0.25) is 0 Å². The summed E-state index contributed by atoms with van der Waals surface area (Å²) in [5.74, 6) is 0.390. The van der Waals surface area contributed by atoms with Crippen LogP contribution in [0.3, 0.4) is 0 Å². The maximum Gasteiger partial charge on any atom is 0.319 e. The standard InChI is InChI=1S/C28H39N3O4/c1-4-35-24(33)21-9-11-31(12-10-21)23(32)20-5-7-22(8-6-20)29-25(34)30-28-15-19-13-26(2,17-28)16-27(3,14-19)18-28/h5-8,19,21H,4,9-18H2,1-3H3,(H2,29,30,34)/t19?,26-,27+,28?. The number of anilines is 1. The van der Waals surface area contributed by atoms with E-state index in [1.165, 1.54) is 19.3 Å². The molecule has 1 saturated heterocycles. The molecule has 7 nitrogen and oxygen atoms in total. The van der Waals surface area contributed by atoms with Gasteiger partial charge in [-0.05, 0) is 99.3 Å². The van der Waals surface area contributed by atoms with Crippen molar-refractivity contribution < 1.29 is 19.1 Å². The highest BCUT2D eigenvalue weighted by Crippen LogP contribution is 2.66. The van der Waals surface area contributed by atoms with Gasteiger partial charge in [0, 0.05) is 29.9 Å². The van der Waals surface area contributed by atoms with Gasteiger partial charge >= 0.3 is 12.0 Å². The van der Waals surface area contributed by atoms with Crippen LogP contribution in [0, 0.1) is 22.7 Å². The number of hydrogen-bond acceptors (Lipinski definition) is 4. The lowest BCUT2D eigenvalue weighted by Gasteiger charge is -2.65. The lowest BCUT2D eigenvalue weighted by Crippen LogP contribution is -2.65. The third-order valence-electron chi connectivity index (χ3n) is 8.80. The molecule has 6 rings (SSSR count). The molecule has 3 amide bonds. The SMILES string of the molecule is CCOC(=O)C1CCN(C(=O)c2ccc(NC(=O)NC34CC5C[C@@](C)(C3)C[C@](C)(C5)C4)cc2)CC1. The number of amides is 3. The van der Waals surface area contributed by atoms with Gasteiger partial charge in [-0.15, -0.1) is 0 Å². The van der Waals surface area contributed by atoms with Gasteiger partial charge in [0.05, 0.1) is 12.5 Å². The maximum atomic E-state index is 13.0. The molecule has 5 aliphatic rings. The lowest BCUT2D eigenvalue weighted by atomic mass is 9.43. The van der Waals surface area contributed by atoms with Gasteiger partial charge in [-0.3, -0.25) is 9.59 Å². The van der Waals surface area contributed by atoms with Crippen molar-refractivity contribution in [2.24, 2.45) is 22.7 Å². The number of benzene rings is 1. The lowest BCUT2D eigenvalue weighted by molar-refractivity contribution is -0.149. The number of hydrogen-bond donors (Lipinski definition) is 2. The van der Waals surface area contributed by atoms with E-state index in [1.807, 2.05) is 6.92 Å². The molecule has 1 aromatic rings. The number of carbonyl (C=O) groups is 3. The molecule has 4 atom stereocenters. The van der Waals surface area contributed by atoms with Crippen LogP contribution >= 0.6 is 0 Å². The van der Waals surface area contributed by atoms with Crippen LogP contribution in [-0.2, 0) is 9.53 Å². The Morgan fingerprint density at radius 1 is 0.971 bits per heavy atom. The Bertz CT molecular complexity index is 980. The Morgan fingerprint density at radius 2 is 1.60 bits per heavy atom. The minimum atomic E-state index is -0.162. The highest BCUT2D eigenvalue weighted by molar-refractivity contribution is 5.95. The van der Waals surface area contributed by atoms with E-state index in [0.717, 1.165) is 19.3 Å².